The van der Waals surface area contributed by atoms with E-state index in [1.807, 2.05) is 0 Å². The van der Waals surface area contributed by atoms with Gasteiger partial charge in [0.2, 0.25) is 5.91 Å². The van der Waals surface area contributed by atoms with Gasteiger partial charge in [0.1, 0.15) is 0 Å². The first-order valence-corrected chi connectivity index (χ1v) is 6.51. The first-order chi connectivity index (χ1) is 8.32. The highest BCUT2D eigenvalue weighted by atomic mass is 79.9. The van der Waals surface area contributed by atoms with E-state index >= 15 is 0 Å². The number of likely N-dealkylation sites (N-methyl/N-ethyl adjacent to an activating group) is 2. The highest BCUT2D eigenvalue weighted by Crippen LogP contribution is 2.21. The Balaban J connectivity index is 2.87. The summed E-state index contributed by atoms with van der Waals surface area (Å²) in [4.78, 5) is 27.3. The fraction of sp³-hybridized carbons (Fsp3) is 0.333. The van der Waals surface area contributed by atoms with Gasteiger partial charge >= 0.3 is 0 Å². The van der Waals surface area contributed by atoms with Gasteiger partial charge < -0.3 is 9.80 Å². The third-order valence-corrected chi connectivity index (χ3v) is 3.37. The van der Waals surface area contributed by atoms with Crippen LogP contribution in [0.1, 0.15) is 10.4 Å². The summed E-state index contributed by atoms with van der Waals surface area (Å²) in [5, 5.41) is 0. The first kappa shape index (κ1) is 15.0. The lowest BCUT2D eigenvalue weighted by molar-refractivity contribution is -0.129. The molecule has 1 aromatic rings. The van der Waals surface area contributed by atoms with Gasteiger partial charge in [-0.2, -0.15) is 0 Å². The normalized spacial score (nSPS) is 10.1. The topological polar surface area (TPSA) is 40.6 Å². The highest BCUT2D eigenvalue weighted by Gasteiger charge is 2.18. The summed E-state index contributed by atoms with van der Waals surface area (Å²) in [6, 6.07) is 5.22. The van der Waals surface area contributed by atoms with Crippen molar-refractivity contribution in [3.05, 3.63) is 28.2 Å². The van der Waals surface area contributed by atoms with Gasteiger partial charge in [-0.25, -0.2) is 0 Å². The van der Waals surface area contributed by atoms with Crippen LogP contribution >= 0.6 is 28.6 Å². The summed E-state index contributed by atoms with van der Waals surface area (Å²) in [5.74, 6) is -0.336. The maximum absolute atomic E-state index is 12.2. The van der Waals surface area contributed by atoms with Crippen LogP contribution in [0.25, 0.3) is 0 Å². The number of hydrogen-bond acceptors (Lipinski definition) is 3. The Morgan fingerprint density at radius 2 is 1.89 bits per heavy atom. The van der Waals surface area contributed by atoms with Crippen LogP contribution in [0, 0.1) is 0 Å². The van der Waals surface area contributed by atoms with Gasteiger partial charge in [-0.05, 0) is 34.1 Å². The lowest BCUT2D eigenvalue weighted by Gasteiger charge is -2.20. The second kappa shape index (κ2) is 6.24. The third kappa shape index (κ3) is 3.74. The molecule has 0 aliphatic heterocycles. The molecular formula is C12H15BrN2O2S. The summed E-state index contributed by atoms with van der Waals surface area (Å²) >= 11 is 7.52. The minimum absolute atomic E-state index is 0.0507. The summed E-state index contributed by atoms with van der Waals surface area (Å²) in [6.45, 7) is 0.0507. The molecule has 4 nitrogen and oxygen atoms in total. The van der Waals surface area contributed by atoms with Gasteiger partial charge in [-0.3, -0.25) is 9.59 Å². The number of nitrogens with zero attached hydrogens (tertiary/aromatic N) is 2. The zero-order valence-electron chi connectivity index (χ0n) is 10.5. The molecule has 1 rings (SSSR count). The average molecular weight is 331 g/mol. The van der Waals surface area contributed by atoms with E-state index in [4.69, 9.17) is 0 Å². The number of thiol groups is 1. The maximum atomic E-state index is 12.2. The third-order valence-electron chi connectivity index (χ3n) is 2.40. The van der Waals surface area contributed by atoms with E-state index in [1.54, 1.807) is 39.3 Å². The maximum Gasteiger partial charge on any atom is 0.255 e. The number of halogens is 1. The summed E-state index contributed by atoms with van der Waals surface area (Å²) in [7, 11) is 4.91. The molecule has 0 N–H and O–H groups in total. The monoisotopic (exact) mass is 330 g/mol. The zero-order chi connectivity index (χ0) is 13.9. The van der Waals surface area contributed by atoms with Crippen LogP contribution in [-0.2, 0) is 4.79 Å². The van der Waals surface area contributed by atoms with E-state index in [0.29, 0.717) is 14.9 Å². The summed E-state index contributed by atoms with van der Waals surface area (Å²) in [5.41, 5.74) is 0.497. The molecule has 6 heteroatoms. The lowest BCUT2D eigenvalue weighted by Crippen LogP contribution is -2.37. The SMILES string of the molecule is CN(C)C(=O)CN(C)C(=O)c1cc(S)ccc1Br. The minimum Gasteiger partial charge on any atom is -0.347 e. The molecule has 0 fully saturated rings. The van der Waals surface area contributed by atoms with Crippen molar-refractivity contribution in [3.8, 4) is 0 Å². The standard InChI is InChI=1S/C12H15BrN2O2S/c1-14(2)11(16)7-15(3)12(17)9-6-8(18)4-5-10(9)13/h4-6,18H,7H2,1-3H3. The Hall–Kier alpha value is -1.01. The lowest BCUT2D eigenvalue weighted by atomic mass is 10.2. The number of benzene rings is 1. The minimum atomic E-state index is -0.215. The summed E-state index contributed by atoms with van der Waals surface area (Å²) in [6.07, 6.45) is 0. The fourth-order valence-electron chi connectivity index (χ4n) is 1.30. The molecule has 0 aliphatic carbocycles. The fourth-order valence-corrected chi connectivity index (χ4v) is 1.92. The molecule has 0 saturated carbocycles. The van der Waals surface area contributed by atoms with Gasteiger partial charge in [0.15, 0.2) is 0 Å². The molecule has 0 spiro atoms. The molecule has 0 unspecified atom stereocenters. The second-order valence-corrected chi connectivity index (χ2v) is 5.48. The van der Waals surface area contributed by atoms with Crippen LogP contribution in [0.5, 0.6) is 0 Å². The van der Waals surface area contributed by atoms with Gasteiger partial charge in [-0.15, -0.1) is 12.6 Å². The smallest absolute Gasteiger partial charge is 0.255 e. The van der Waals surface area contributed by atoms with E-state index < -0.39 is 0 Å². The highest BCUT2D eigenvalue weighted by molar-refractivity contribution is 9.10. The van der Waals surface area contributed by atoms with Crippen LogP contribution in [-0.4, -0.2) is 49.3 Å². The molecular weight excluding hydrogens is 316 g/mol. The van der Waals surface area contributed by atoms with Crippen LogP contribution in [0.4, 0.5) is 0 Å². The number of rotatable bonds is 3. The van der Waals surface area contributed by atoms with E-state index in [-0.39, 0.29) is 18.4 Å². The quantitative estimate of drug-likeness (QED) is 0.860. The van der Waals surface area contributed by atoms with Crippen molar-refractivity contribution < 1.29 is 9.59 Å². The van der Waals surface area contributed by atoms with Crippen LogP contribution in [0.2, 0.25) is 0 Å². The molecule has 0 radical (unpaired) electrons. The van der Waals surface area contributed by atoms with Crippen LogP contribution in [0.3, 0.4) is 0 Å². The average Bonchev–Trinajstić information content (AvgIpc) is 2.31. The number of carbonyl (C=O) groups is 2. The number of carbonyl (C=O) groups excluding carboxylic acids is 2. The molecule has 18 heavy (non-hydrogen) atoms. The van der Waals surface area contributed by atoms with Gasteiger partial charge in [-0.1, -0.05) is 0 Å². The van der Waals surface area contributed by atoms with Crippen molar-refractivity contribution in [2.24, 2.45) is 0 Å². The van der Waals surface area contributed by atoms with E-state index in [0.717, 1.165) is 0 Å². The molecule has 2 amide bonds. The molecule has 0 aliphatic rings. The van der Waals surface area contributed by atoms with Crippen molar-refractivity contribution >= 4 is 40.4 Å². The Morgan fingerprint density at radius 3 is 2.44 bits per heavy atom. The van der Waals surface area contributed by atoms with E-state index in [2.05, 4.69) is 28.6 Å². The predicted octanol–water partition coefficient (Wildman–Crippen LogP) is 1.90. The molecule has 0 heterocycles. The Morgan fingerprint density at radius 1 is 1.28 bits per heavy atom. The molecule has 98 valence electrons. The summed E-state index contributed by atoms with van der Waals surface area (Å²) < 4.78 is 0.689. The molecule has 0 atom stereocenters. The van der Waals surface area contributed by atoms with Crippen LogP contribution < -0.4 is 0 Å². The van der Waals surface area contributed by atoms with Gasteiger partial charge in [0.25, 0.3) is 5.91 Å². The van der Waals surface area contributed by atoms with Gasteiger partial charge in [0.05, 0.1) is 12.1 Å². The van der Waals surface area contributed by atoms with Gasteiger partial charge in [0, 0.05) is 30.5 Å². The number of amides is 2. The van der Waals surface area contributed by atoms with Crippen molar-refractivity contribution in [3.63, 3.8) is 0 Å². The second-order valence-electron chi connectivity index (χ2n) is 4.11. The van der Waals surface area contributed by atoms with Crippen molar-refractivity contribution in [1.29, 1.82) is 0 Å². The molecule has 1 aromatic carbocycles. The predicted molar refractivity (Wildman–Crippen MR) is 77.0 cm³/mol. The zero-order valence-corrected chi connectivity index (χ0v) is 13.0. The first-order valence-electron chi connectivity index (χ1n) is 5.27. The van der Waals surface area contributed by atoms with E-state index in [9.17, 15) is 9.59 Å². The van der Waals surface area contributed by atoms with Crippen LogP contribution in [0.15, 0.2) is 27.6 Å². The number of hydrogen-bond donors (Lipinski definition) is 1. The molecule has 0 saturated heterocycles. The molecule has 0 aromatic heterocycles. The Labute approximate surface area is 120 Å². The van der Waals surface area contributed by atoms with Crippen molar-refractivity contribution in [2.75, 3.05) is 27.7 Å². The molecule has 0 bridgehead atoms. The Bertz CT molecular complexity index is 477. The largest absolute Gasteiger partial charge is 0.347 e. The Kier molecular flexibility index (Phi) is 5.22. The van der Waals surface area contributed by atoms with E-state index in [1.165, 1.54) is 9.80 Å². The van der Waals surface area contributed by atoms with Crippen molar-refractivity contribution in [1.82, 2.24) is 9.80 Å². The van der Waals surface area contributed by atoms with Crippen molar-refractivity contribution in [2.45, 2.75) is 4.90 Å².